The molecule has 0 amide bonds. The van der Waals surface area contributed by atoms with Crippen molar-refractivity contribution in [2.45, 2.75) is 43.1 Å². The van der Waals surface area contributed by atoms with Crippen LogP contribution in [0.2, 0.25) is 0 Å². The number of esters is 2. The number of nitro benzene ring substituents is 1. The lowest BCUT2D eigenvalue weighted by atomic mass is 9.55. The molecule has 9 nitrogen and oxygen atoms in total. The molecule has 5 rings (SSSR count). The zero-order valence-corrected chi connectivity index (χ0v) is 16.7. The summed E-state index contributed by atoms with van der Waals surface area (Å²) in [4.78, 5) is 37.5. The first-order valence-corrected chi connectivity index (χ1v) is 10.0. The fourth-order valence-corrected chi connectivity index (χ4v) is 5.37. The molecule has 0 aromatic heterocycles. The third kappa shape index (κ3) is 2.46. The van der Waals surface area contributed by atoms with Crippen molar-refractivity contribution in [3.8, 4) is 5.75 Å². The van der Waals surface area contributed by atoms with Gasteiger partial charge in [0, 0.05) is 18.1 Å². The molecular formula is C22H20N2O7. The highest BCUT2D eigenvalue weighted by Gasteiger charge is 2.67. The van der Waals surface area contributed by atoms with Crippen LogP contribution in [0.25, 0.3) is 0 Å². The van der Waals surface area contributed by atoms with Crippen LogP contribution < -0.4 is 0 Å². The van der Waals surface area contributed by atoms with Crippen LogP contribution in [0, 0.1) is 10.1 Å². The van der Waals surface area contributed by atoms with Gasteiger partial charge in [0.15, 0.2) is 12.0 Å². The van der Waals surface area contributed by atoms with E-state index in [1.165, 1.54) is 12.1 Å². The molecule has 1 aliphatic carbocycles. The van der Waals surface area contributed by atoms with E-state index in [1.807, 2.05) is 30.3 Å². The zero-order valence-electron chi connectivity index (χ0n) is 16.7. The van der Waals surface area contributed by atoms with Crippen LogP contribution in [0.3, 0.4) is 0 Å². The third-order valence-corrected chi connectivity index (χ3v) is 6.92. The number of carbonyl (C=O) groups excluding carboxylic acids is 2. The molecule has 0 spiro atoms. The minimum atomic E-state index is -1.47. The summed E-state index contributed by atoms with van der Waals surface area (Å²) in [6.07, 6.45) is 1.47. The monoisotopic (exact) mass is 424 g/mol. The predicted molar refractivity (Wildman–Crippen MR) is 106 cm³/mol. The maximum Gasteiger partial charge on any atom is 0.419 e. The molecule has 2 heterocycles. The van der Waals surface area contributed by atoms with Crippen molar-refractivity contribution in [3.05, 3.63) is 69.3 Å². The van der Waals surface area contributed by atoms with E-state index < -0.39 is 45.7 Å². The van der Waals surface area contributed by atoms with Crippen LogP contribution in [0.5, 0.6) is 5.75 Å². The third-order valence-electron chi connectivity index (χ3n) is 6.92. The van der Waals surface area contributed by atoms with Crippen LogP contribution in [0.4, 0.5) is 5.69 Å². The largest absolute Gasteiger partial charge is 0.502 e. The molecule has 1 saturated heterocycles. The van der Waals surface area contributed by atoms with E-state index in [0.29, 0.717) is 24.0 Å². The fraction of sp³-hybridized carbons (Fsp3) is 0.364. The van der Waals surface area contributed by atoms with Gasteiger partial charge in [-0.2, -0.15) is 0 Å². The molecule has 9 heteroatoms. The van der Waals surface area contributed by atoms with E-state index in [-0.39, 0.29) is 6.42 Å². The minimum absolute atomic E-state index is 0.127. The summed E-state index contributed by atoms with van der Waals surface area (Å²) in [5.41, 5.74) is -0.791. The van der Waals surface area contributed by atoms with Gasteiger partial charge in [0.05, 0.1) is 10.3 Å². The lowest BCUT2D eigenvalue weighted by Gasteiger charge is -2.60. The molecule has 1 N–H and O–H groups in total. The lowest BCUT2D eigenvalue weighted by molar-refractivity contribution is -0.386. The fourth-order valence-electron chi connectivity index (χ4n) is 5.37. The van der Waals surface area contributed by atoms with Crippen molar-refractivity contribution >= 4 is 17.6 Å². The van der Waals surface area contributed by atoms with Crippen LogP contribution in [-0.2, 0) is 36.6 Å². The lowest BCUT2D eigenvalue weighted by Crippen LogP contribution is -2.67. The Morgan fingerprint density at radius 3 is 2.48 bits per heavy atom. The van der Waals surface area contributed by atoms with Crippen molar-refractivity contribution in [2.75, 3.05) is 7.05 Å². The first-order chi connectivity index (χ1) is 14.8. The number of fused-ring (bicyclic) bond motifs is 4. The summed E-state index contributed by atoms with van der Waals surface area (Å²) >= 11 is 0. The van der Waals surface area contributed by atoms with Crippen LogP contribution in [0.15, 0.2) is 42.5 Å². The van der Waals surface area contributed by atoms with Crippen molar-refractivity contribution < 1.29 is 29.1 Å². The number of phenolic OH excluding ortho intramolecular Hbond substituents is 1. The number of benzene rings is 2. The summed E-state index contributed by atoms with van der Waals surface area (Å²) in [5, 5.41) is 21.9. The second kappa shape index (κ2) is 6.52. The molecule has 2 atom stereocenters. The van der Waals surface area contributed by atoms with Crippen molar-refractivity contribution in [1.82, 2.24) is 4.90 Å². The summed E-state index contributed by atoms with van der Waals surface area (Å²) in [5.74, 6) is -2.75. The van der Waals surface area contributed by atoms with Crippen molar-refractivity contribution in [1.29, 1.82) is 0 Å². The average molecular weight is 424 g/mol. The van der Waals surface area contributed by atoms with Gasteiger partial charge >= 0.3 is 17.6 Å². The number of hydrogen-bond acceptors (Lipinski definition) is 8. The minimum Gasteiger partial charge on any atom is -0.502 e. The van der Waals surface area contributed by atoms with E-state index in [0.717, 1.165) is 12.0 Å². The maximum atomic E-state index is 12.7. The Labute approximate surface area is 177 Å². The molecule has 2 bridgehead atoms. The molecule has 31 heavy (non-hydrogen) atoms. The highest BCUT2D eigenvalue weighted by molar-refractivity contribution is 6.30. The van der Waals surface area contributed by atoms with Gasteiger partial charge in [-0.15, -0.1) is 0 Å². The Kier molecular flexibility index (Phi) is 4.10. The predicted octanol–water partition coefficient (Wildman–Crippen LogP) is 2.49. The summed E-state index contributed by atoms with van der Waals surface area (Å²) in [6.45, 7) is 0. The quantitative estimate of drug-likeness (QED) is 0.345. The number of phenols is 1. The molecule has 2 aromatic carbocycles. The van der Waals surface area contributed by atoms with Gasteiger partial charge in [-0.1, -0.05) is 36.8 Å². The van der Waals surface area contributed by atoms with Gasteiger partial charge in [0.2, 0.25) is 5.72 Å². The Bertz CT molecular complexity index is 1110. The topological polar surface area (TPSA) is 119 Å². The summed E-state index contributed by atoms with van der Waals surface area (Å²) in [6, 6.07) is 12.1. The molecule has 3 aliphatic rings. The van der Waals surface area contributed by atoms with E-state index in [9.17, 15) is 24.8 Å². The van der Waals surface area contributed by atoms with Crippen LogP contribution in [-0.4, -0.2) is 40.1 Å². The number of rotatable bonds is 3. The number of ether oxygens (including phenoxy) is 2. The van der Waals surface area contributed by atoms with E-state index >= 15 is 0 Å². The zero-order chi connectivity index (χ0) is 22.0. The normalized spacial score (nSPS) is 26.7. The summed E-state index contributed by atoms with van der Waals surface area (Å²) < 4.78 is 11.4. The molecule has 2 fully saturated rings. The second-order valence-corrected chi connectivity index (χ2v) is 8.27. The molecule has 1 saturated carbocycles. The Morgan fingerprint density at radius 2 is 1.87 bits per heavy atom. The Hall–Kier alpha value is -3.46. The van der Waals surface area contributed by atoms with Crippen LogP contribution in [0.1, 0.15) is 36.0 Å². The van der Waals surface area contributed by atoms with Crippen molar-refractivity contribution in [2.24, 2.45) is 0 Å². The van der Waals surface area contributed by atoms with E-state index in [4.69, 9.17) is 9.47 Å². The van der Waals surface area contributed by atoms with Gasteiger partial charge in [0.25, 0.3) is 0 Å². The number of likely N-dealkylation sites (N-methyl/N-ethyl adjacent to an activating group) is 1. The number of hydrogen-bond donors (Lipinski definition) is 1. The highest BCUT2D eigenvalue weighted by Crippen LogP contribution is 2.61. The average Bonchev–Trinajstić information content (AvgIpc) is 2.76. The standard InChI is InChI=1S/C22H20N2O7/c1-23-18-11-13-10-16(24(28)29)17(25)12-15(13)22(23,31-20(27)19(26)30-18)21(8-5-9-21)14-6-3-2-4-7-14/h2-4,6-7,10,12,18,25H,5,8-9,11H2,1H3. The number of nitro groups is 1. The van der Waals surface area contributed by atoms with E-state index in [1.54, 1.807) is 11.9 Å². The second-order valence-electron chi connectivity index (χ2n) is 8.27. The van der Waals surface area contributed by atoms with Crippen molar-refractivity contribution in [3.63, 3.8) is 0 Å². The molecule has 2 unspecified atom stereocenters. The van der Waals surface area contributed by atoms with Gasteiger partial charge < -0.3 is 14.6 Å². The van der Waals surface area contributed by atoms with Gasteiger partial charge in [0.1, 0.15) is 0 Å². The van der Waals surface area contributed by atoms with Gasteiger partial charge in [-0.25, -0.2) is 14.5 Å². The van der Waals surface area contributed by atoms with Crippen LogP contribution >= 0.6 is 0 Å². The SMILES string of the molecule is CN1C2Cc3cc([N+](=O)[O-])c(O)cc3C1(C1(c3ccccc3)CCC1)OC(=O)C(=O)O2. The summed E-state index contributed by atoms with van der Waals surface area (Å²) in [7, 11) is 1.71. The molecular weight excluding hydrogens is 404 g/mol. The highest BCUT2D eigenvalue weighted by atomic mass is 16.6. The molecule has 160 valence electrons. The number of aromatic hydroxyl groups is 1. The first-order valence-electron chi connectivity index (χ1n) is 10.0. The van der Waals surface area contributed by atoms with Gasteiger partial charge in [-0.3, -0.25) is 10.1 Å². The molecule has 2 aliphatic heterocycles. The Morgan fingerprint density at radius 1 is 1.16 bits per heavy atom. The maximum absolute atomic E-state index is 12.7. The number of nitrogens with zero attached hydrogens (tertiary/aromatic N) is 2. The smallest absolute Gasteiger partial charge is 0.419 e. The first kappa shape index (κ1) is 19.5. The molecule has 0 radical (unpaired) electrons. The number of carbonyl (C=O) groups is 2. The van der Waals surface area contributed by atoms with E-state index in [2.05, 4.69) is 0 Å². The molecule has 2 aromatic rings. The Balaban J connectivity index is 1.84. The van der Waals surface area contributed by atoms with Gasteiger partial charge in [-0.05, 0) is 37.1 Å².